The first-order chi connectivity index (χ1) is 14.0. The molecule has 3 aromatic rings. The number of carbonyl (C=O) groups is 1. The molecule has 1 amide bonds. The van der Waals surface area contributed by atoms with Crippen LogP contribution in [0.4, 0.5) is 5.69 Å². The molecule has 150 valence electrons. The van der Waals surface area contributed by atoms with Crippen molar-refractivity contribution in [2.24, 2.45) is 4.99 Å². The molecule has 1 aromatic heterocycles. The van der Waals surface area contributed by atoms with Crippen LogP contribution in [0.5, 0.6) is 0 Å². The molecule has 1 heterocycles. The molecule has 0 aliphatic rings. The fourth-order valence-electron chi connectivity index (χ4n) is 2.79. The minimum Gasteiger partial charge on any atom is -0.380 e. The summed E-state index contributed by atoms with van der Waals surface area (Å²) in [5.41, 5.74) is 2.86. The zero-order valence-electron chi connectivity index (χ0n) is 16.2. The van der Waals surface area contributed by atoms with E-state index < -0.39 is 10.8 Å². The van der Waals surface area contributed by atoms with Crippen LogP contribution in [0.3, 0.4) is 0 Å². The van der Waals surface area contributed by atoms with Gasteiger partial charge in [0.15, 0.2) is 4.80 Å². The Balaban J connectivity index is 1.88. The number of nitrogens with zero attached hydrogens (tertiary/aromatic N) is 3. The predicted molar refractivity (Wildman–Crippen MR) is 114 cm³/mol. The lowest BCUT2D eigenvalue weighted by atomic mass is 10.2. The average Bonchev–Trinajstić information content (AvgIpc) is 3.03. The standard InChI is InChI=1S/C21H21N3O4S/c1-3-28-13-12-23-18-10-4-15(2)14-19(18)29-21(23)22-20(25)11-7-16-5-8-17(9-6-16)24(26)27/h4-11,14H,3,12-13H2,1-2H3. The van der Waals surface area contributed by atoms with Gasteiger partial charge < -0.3 is 9.30 Å². The van der Waals surface area contributed by atoms with Gasteiger partial charge in [-0.2, -0.15) is 4.99 Å². The molecule has 8 heteroatoms. The average molecular weight is 411 g/mol. The Morgan fingerprint density at radius 3 is 2.72 bits per heavy atom. The van der Waals surface area contributed by atoms with Crippen LogP contribution in [0.15, 0.2) is 53.5 Å². The van der Waals surface area contributed by atoms with Crippen molar-refractivity contribution in [1.82, 2.24) is 4.57 Å². The highest BCUT2D eigenvalue weighted by atomic mass is 32.1. The molecule has 0 atom stereocenters. The zero-order chi connectivity index (χ0) is 20.8. The summed E-state index contributed by atoms with van der Waals surface area (Å²) in [6.07, 6.45) is 2.96. The maximum absolute atomic E-state index is 12.4. The van der Waals surface area contributed by atoms with Gasteiger partial charge in [-0.3, -0.25) is 14.9 Å². The van der Waals surface area contributed by atoms with Crippen molar-refractivity contribution in [3.63, 3.8) is 0 Å². The predicted octanol–water partition coefficient (Wildman–Crippen LogP) is 4.10. The molecule has 7 nitrogen and oxygen atoms in total. The van der Waals surface area contributed by atoms with Gasteiger partial charge in [-0.15, -0.1) is 0 Å². The second-order valence-electron chi connectivity index (χ2n) is 6.34. The largest absolute Gasteiger partial charge is 0.380 e. The van der Waals surface area contributed by atoms with Gasteiger partial charge in [0.2, 0.25) is 0 Å². The smallest absolute Gasteiger partial charge is 0.272 e. The van der Waals surface area contributed by atoms with E-state index in [0.717, 1.165) is 15.8 Å². The number of fused-ring (bicyclic) bond motifs is 1. The lowest BCUT2D eigenvalue weighted by Crippen LogP contribution is -2.19. The molecule has 0 radical (unpaired) electrons. The number of aryl methyl sites for hydroxylation is 1. The van der Waals surface area contributed by atoms with Gasteiger partial charge in [-0.25, -0.2) is 0 Å². The summed E-state index contributed by atoms with van der Waals surface area (Å²) in [5, 5.41) is 10.7. The third-order valence-corrected chi connectivity index (χ3v) is 5.27. The number of hydrogen-bond donors (Lipinski definition) is 0. The van der Waals surface area contributed by atoms with Crippen LogP contribution in [0, 0.1) is 17.0 Å². The zero-order valence-corrected chi connectivity index (χ0v) is 17.0. The number of non-ortho nitro benzene ring substituents is 1. The van der Waals surface area contributed by atoms with Crippen molar-refractivity contribution in [2.45, 2.75) is 20.4 Å². The Kier molecular flexibility index (Phi) is 6.69. The number of rotatable bonds is 7. The monoisotopic (exact) mass is 411 g/mol. The molecule has 2 aromatic carbocycles. The molecule has 0 fully saturated rings. The number of carbonyl (C=O) groups excluding carboxylic acids is 1. The molecule has 0 aliphatic heterocycles. The van der Waals surface area contributed by atoms with Gasteiger partial charge in [0.05, 0.1) is 21.7 Å². The van der Waals surface area contributed by atoms with E-state index in [1.165, 1.54) is 29.5 Å². The molecule has 0 saturated heterocycles. The quantitative estimate of drug-likeness (QED) is 0.253. The fraction of sp³-hybridized carbons (Fsp3) is 0.238. The van der Waals surface area contributed by atoms with Gasteiger partial charge in [0.1, 0.15) is 0 Å². The fourth-order valence-corrected chi connectivity index (χ4v) is 3.95. The summed E-state index contributed by atoms with van der Waals surface area (Å²) < 4.78 is 8.52. The highest BCUT2D eigenvalue weighted by Crippen LogP contribution is 2.19. The number of benzene rings is 2. The molecule has 0 unspecified atom stereocenters. The summed E-state index contributed by atoms with van der Waals surface area (Å²) >= 11 is 1.46. The van der Waals surface area contributed by atoms with Crippen LogP contribution in [-0.2, 0) is 16.1 Å². The van der Waals surface area contributed by atoms with Gasteiger partial charge in [-0.1, -0.05) is 17.4 Å². The van der Waals surface area contributed by atoms with Crippen molar-refractivity contribution < 1.29 is 14.5 Å². The molecular weight excluding hydrogens is 390 g/mol. The van der Waals surface area contributed by atoms with E-state index in [9.17, 15) is 14.9 Å². The number of aromatic nitrogens is 1. The number of nitro groups is 1. The Morgan fingerprint density at radius 2 is 2.03 bits per heavy atom. The Hall–Kier alpha value is -3.10. The summed E-state index contributed by atoms with van der Waals surface area (Å²) in [5.74, 6) is -0.392. The van der Waals surface area contributed by atoms with E-state index >= 15 is 0 Å². The van der Waals surface area contributed by atoms with Crippen LogP contribution in [0.2, 0.25) is 0 Å². The first-order valence-corrected chi connectivity index (χ1v) is 9.98. The minimum atomic E-state index is -0.460. The third-order valence-electron chi connectivity index (χ3n) is 4.23. The molecule has 0 N–H and O–H groups in total. The maximum atomic E-state index is 12.4. The van der Waals surface area contributed by atoms with E-state index in [2.05, 4.69) is 11.1 Å². The Bertz CT molecular complexity index is 1130. The van der Waals surface area contributed by atoms with Crippen molar-refractivity contribution in [1.29, 1.82) is 0 Å². The number of hydrogen-bond acceptors (Lipinski definition) is 5. The number of amides is 1. The van der Waals surface area contributed by atoms with Crippen molar-refractivity contribution >= 4 is 39.2 Å². The summed E-state index contributed by atoms with van der Waals surface area (Å²) in [6.45, 7) is 5.74. The molecule has 0 spiro atoms. The number of nitro benzene ring substituents is 1. The lowest BCUT2D eigenvalue weighted by molar-refractivity contribution is -0.384. The van der Waals surface area contributed by atoms with Gasteiger partial charge in [0.25, 0.3) is 11.6 Å². The highest BCUT2D eigenvalue weighted by molar-refractivity contribution is 7.16. The van der Waals surface area contributed by atoms with E-state index in [4.69, 9.17) is 4.74 Å². The maximum Gasteiger partial charge on any atom is 0.272 e. The summed E-state index contributed by atoms with van der Waals surface area (Å²) in [4.78, 5) is 27.5. The van der Waals surface area contributed by atoms with E-state index in [-0.39, 0.29) is 5.69 Å². The second-order valence-corrected chi connectivity index (χ2v) is 7.35. The van der Waals surface area contributed by atoms with E-state index in [1.54, 1.807) is 18.2 Å². The molecule has 0 bridgehead atoms. The normalized spacial score (nSPS) is 12.1. The van der Waals surface area contributed by atoms with Crippen molar-refractivity contribution in [3.05, 3.63) is 74.6 Å². The van der Waals surface area contributed by atoms with E-state index in [1.807, 2.05) is 30.5 Å². The molecule has 0 aliphatic carbocycles. The molecule has 29 heavy (non-hydrogen) atoms. The van der Waals surface area contributed by atoms with Crippen LogP contribution < -0.4 is 4.80 Å². The van der Waals surface area contributed by atoms with Crippen molar-refractivity contribution in [2.75, 3.05) is 13.2 Å². The highest BCUT2D eigenvalue weighted by Gasteiger charge is 2.08. The van der Waals surface area contributed by atoms with Gasteiger partial charge >= 0.3 is 0 Å². The molecular formula is C21H21N3O4S. The number of thiazole rings is 1. The summed E-state index contributed by atoms with van der Waals surface area (Å²) in [7, 11) is 0. The Labute approximate surface area is 171 Å². The molecule has 3 rings (SSSR count). The first kappa shape index (κ1) is 20.6. The lowest BCUT2D eigenvalue weighted by Gasteiger charge is -2.05. The first-order valence-electron chi connectivity index (χ1n) is 9.17. The third kappa shape index (κ3) is 5.24. The Morgan fingerprint density at radius 1 is 1.28 bits per heavy atom. The van der Waals surface area contributed by atoms with Crippen LogP contribution >= 0.6 is 11.3 Å². The van der Waals surface area contributed by atoms with E-state index in [0.29, 0.717) is 30.1 Å². The minimum absolute atomic E-state index is 0.00840. The number of ether oxygens (including phenoxy) is 1. The van der Waals surface area contributed by atoms with Crippen LogP contribution in [-0.4, -0.2) is 28.6 Å². The second kappa shape index (κ2) is 9.40. The molecule has 0 saturated carbocycles. The SMILES string of the molecule is CCOCCn1c(=NC(=O)C=Cc2ccc([N+](=O)[O-])cc2)sc2cc(C)ccc21. The van der Waals surface area contributed by atoms with Gasteiger partial charge in [0, 0.05) is 31.4 Å². The van der Waals surface area contributed by atoms with Crippen LogP contribution in [0.25, 0.3) is 16.3 Å². The van der Waals surface area contributed by atoms with Gasteiger partial charge in [-0.05, 0) is 55.3 Å². The topological polar surface area (TPSA) is 86.7 Å². The van der Waals surface area contributed by atoms with Crippen molar-refractivity contribution in [3.8, 4) is 0 Å². The summed E-state index contributed by atoms with van der Waals surface area (Å²) in [6, 6.07) is 12.1. The van der Waals surface area contributed by atoms with Crippen LogP contribution in [0.1, 0.15) is 18.1 Å².